The molecule has 0 amide bonds. The van der Waals surface area contributed by atoms with Crippen LogP contribution in [0.25, 0.3) is 0 Å². The molecule has 5 rings (SSSR count). The van der Waals surface area contributed by atoms with Crippen molar-refractivity contribution in [3.8, 4) is 0 Å². The second-order valence-electron chi connectivity index (χ2n) is 11.5. The summed E-state index contributed by atoms with van der Waals surface area (Å²) in [4.78, 5) is 31.7. The molecule has 0 spiro atoms. The number of nitrogens with zero attached hydrogens (tertiary/aromatic N) is 2. The van der Waals surface area contributed by atoms with Gasteiger partial charge in [0, 0.05) is 50.5 Å². The Labute approximate surface area is 202 Å². The van der Waals surface area contributed by atoms with Gasteiger partial charge in [0.2, 0.25) is 0 Å². The topological polar surface area (TPSA) is 68.7 Å². The monoisotopic (exact) mass is 464 g/mol. The standard InChI is InChI=1S/C28H36N2O4/c1-17(31)34-28(3)14-22-25-19(8-9-27(22,2)26(28)20-7-6-10-29-15-20)13-21-23(32)11-18(16-30(4)5)12-24(21)33-25/h6-7,10,13,15,18,22,25-26H,8-9,11-12,14,16H2,1-5H3/t18?,22-,25+,26+,27-,28?/m0/s1. The van der Waals surface area contributed by atoms with E-state index >= 15 is 0 Å². The molecular weight excluding hydrogens is 428 g/mol. The van der Waals surface area contributed by atoms with E-state index in [0.717, 1.165) is 49.1 Å². The largest absolute Gasteiger partial charge is 0.489 e. The van der Waals surface area contributed by atoms with E-state index in [2.05, 4.69) is 35.9 Å². The van der Waals surface area contributed by atoms with Crippen LogP contribution in [-0.2, 0) is 19.1 Å². The van der Waals surface area contributed by atoms with Crippen molar-refractivity contribution in [2.24, 2.45) is 17.3 Å². The highest BCUT2D eigenvalue weighted by Gasteiger charge is 2.64. The first-order chi connectivity index (χ1) is 16.1. The molecule has 3 aliphatic carbocycles. The summed E-state index contributed by atoms with van der Waals surface area (Å²) in [6.45, 7) is 6.77. The highest BCUT2D eigenvalue weighted by atomic mass is 16.6. The predicted octanol–water partition coefficient (Wildman–Crippen LogP) is 4.43. The number of hydrogen-bond acceptors (Lipinski definition) is 6. The Morgan fingerprint density at radius 1 is 1.29 bits per heavy atom. The molecule has 182 valence electrons. The Kier molecular flexibility index (Phi) is 5.70. The first-order valence-electron chi connectivity index (χ1n) is 12.5. The molecule has 0 saturated heterocycles. The van der Waals surface area contributed by atoms with Gasteiger partial charge in [0.1, 0.15) is 17.5 Å². The van der Waals surface area contributed by atoms with Crippen molar-refractivity contribution >= 4 is 11.8 Å². The van der Waals surface area contributed by atoms with E-state index in [-0.39, 0.29) is 41.0 Å². The van der Waals surface area contributed by atoms with Crippen molar-refractivity contribution in [3.05, 3.63) is 53.1 Å². The Morgan fingerprint density at radius 3 is 2.76 bits per heavy atom. The molecule has 1 aromatic heterocycles. The van der Waals surface area contributed by atoms with Crippen LogP contribution < -0.4 is 0 Å². The van der Waals surface area contributed by atoms with Crippen molar-refractivity contribution in [2.45, 2.75) is 70.5 Å². The molecule has 0 radical (unpaired) electrons. The zero-order chi connectivity index (χ0) is 24.3. The summed E-state index contributed by atoms with van der Waals surface area (Å²) < 4.78 is 12.8. The smallest absolute Gasteiger partial charge is 0.303 e. The van der Waals surface area contributed by atoms with Crippen molar-refractivity contribution < 1.29 is 19.1 Å². The van der Waals surface area contributed by atoms with Crippen LogP contribution in [0.2, 0.25) is 0 Å². The highest BCUT2D eigenvalue weighted by Crippen LogP contribution is 2.66. The summed E-state index contributed by atoms with van der Waals surface area (Å²) >= 11 is 0. The van der Waals surface area contributed by atoms with Crippen molar-refractivity contribution in [1.29, 1.82) is 0 Å². The number of rotatable bonds is 4. The molecule has 0 N–H and O–H groups in total. The van der Waals surface area contributed by atoms with Gasteiger partial charge in [-0.2, -0.15) is 0 Å². The number of ketones is 1. The van der Waals surface area contributed by atoms with Gasteiger partial charge in [0.15, 0.2) is 5.78 Å². The molecule has 0 bridgehead atoms. The average Bonchev–Trinajstić information content (AvgIpc) is 2.99. The first kappa shape index (κ1) is 23.3. The minimum absolute atomic E-state index is 0.0256. The van der Waals surface area contributed by atoms with E-state index in [1.165, 1.54) is 12.5 Å². The van der Waals surface area contributed by atoms with E-state index in [1.807, 2.05) is 26.4 Å². The van der Waals surface area contributed by atoms with Gasteiger partial charge in [-0.15, -0.1) is 0 Å². The summed E-state index contributed by atoms with van der Waals surface area (Å²) in [7, 11) is 4.10. The maximum Gasteiger partial charge on any atom is 0.303 e. The molecule has 1 aromatic rings. The van der Waals surface area contributed by atoms with Gasteiger partial charge in [0.05, 0.1) is 5.57 Å². The highest BCUT2D eigenvalue weighted by molar-refractivity contribution is 6.00. The lowest BCUT2D eigenvalue weighted by molar-refractivity contribution is -0.157. The lowest BCUT2D eigenvalue weighted by Crippen LogP contribution is -2.44. The SMILES string of the molecule is CC(=O)OC1(C)C[C@H]2[C@@H]3OC4=C(C=C3CC[C@]2(C)[C@H]1c1cccnc1)C(=O)CC(CN(C)C)C4. The maximum absolute atomic E-state index is 13.0. The van der Waals surface area contributed by atoms with Gasteiger partial charge in [-0.25, -0.2) is 0 Å². The van der Waals surface area contributed by atoms with Crippen molar-refractivity contribution in [2.75, 3.05) is 20.6 Å². The third-order valence-electron chi connectivity index (χ3n) is 8.59. The number of carbonyl (C=O) groups excluding carboxylic acids is 2. The molecule has 2 fully saturated rings. The van der Waals surface area contributed by atoms with Crippen LogP contribution in [-0.4, -0.2) is 54.0 Å². The number of allylic oxidation sites excluding steroid dienone is 3. The Hall–Kier alpha value is -2.47. The number of ether oxygens (including phenoxy) is 2. The van der Waals surface area contributed by atoms with Crippen LogP contribution in [0.3, 0.4) is 0 Å². The molecule has 2 heterocycles. The molecule has 6 nitrogen and oxygen atoms in total. The van der Waals surface area contributed by atoms with Crippen LogP contribution in [0.1, 0.15) is 64.4 Å². The van der Waals surface area contributed by atoms with Crippen molar-refractivity contribution in [3.63, 3.8) is 0 Å². The quantitative estimate of drug-likeness (QED) is 0.614. The van der Waals surface area contributed by atoms with Crippen molar-refractivity contribution in [1.82, 2.24) is 9.88 Å². The molecule has 0 aromatic carbocycles. The molecule has 2 unspecified atom stereocenters. The second kappa shape index (κ2) is 8.33. The Balaban J connectivity index is 1.50. The molecule has 6 atom stereocenters. The van der Waals surface area contributed by atoms with Gasteiger partial charge in [0.25, 0.3) is 0 Å². The molecular formula is C28H36N2O4. The third kappa shape index (κ3) is 3.80. The Morgan fingerprint density at radius 2 is 2.09 bits per heavy atom. The molecule has 2 saturated carbocycles. The third-order valence-corrected chi connectivity index (χ3v) is 8.59. The van der Waals surface area contributed by atoms with E-state index in [1.54, 1.807) is 6.20 Å². The number of pyridine rings is 1. The van der Waals surface area contributed by atoms with E-state index < -0.39 is 5.60 Å². The average molecular weight is 465 g/mol. The zero-order valence-corrected chi connectivity index (χ0v) is 21.0. The fourth-order valence-electron chi connectivity index (χ4n) is 7.55. The predicted molar refractivity (Wildman–Crippen MR) is 129 cm³/mol. The second-order valence-corrected chi connectivity index (χ2v) is 11.5. The normalized spacial score (nSPS) is 36.9. The zero-order valence-electron chi connectivity index (χ0n) is 21.0. The minimum atomic E-state index is -0.641. The van der Waals surface area contributed by atoms with Crippen LogP contribution in [0.15, 0.2) is 47.5 Å². The lowest BCUT2D eigenvalue weighted by Gasteiger charge is -2.48. The summed E-state index contributed by atoms with van der Waals surface area (Å²) in [5.41, 5.74) is 2.36. The maximum atomic E-state index is 13.0. The summed E-state index contributed by atoms with van der Waals surface area (Å²) in [5, 5.41) is 0. The van der Waals surface area contributed by atoms with Crippen LogP contribution in [0.5, 0.6) is 0 Å². The fraction of sp³-hybridized carbons (Fsp3) is 0.607. The van der Waals surface area contributed by atoms with Crippen LogP contribution in [0.4, 0.5) is 0 Å². The van der Waals surface area contributed by atoms with Gasteiger partial charge in [-0.3, -0.25) is 14.6 Å². The summed E-state index contributed by atoms with van der Waals surface area (Å²) in [6, 6.07) is 4.06. The fourth-order valence-corrected chi connectivity index (χ4v) is 7.55. The number of carbonyl (C=O) groups is 2. The molecule has 34 heavy (non-hydrogen) atoms. The first-order valence-corrected chi connectivity index (χ1v) is 12.5. The molecule has 1 aliphatic heterocycles. The minimum Gasteiger partial charge on any atom is -0.489 e. The lowest BCUT2D eigenvalue weighted by atomic mass is 9.60. The van der Waals surface area contributed by atoms with Gasteiger partial charge in [-0.1, -0.05) is 13.0 Å². The Bertz CT molecular complexity index is 1060. The molecule has 4 aliphatic rings. The van der Waals surface area contributed by atoms with Gasteiger partial charge >= 0.3 is 5.97 Å². The van der Waals surface area contributed by atoms with Crippen LogP contribution in [0, 0.1) is 17.3 Å². The number of aromatic nitrogens is 1. The number of Topliss-reactive ketones (excluding diaryl/α,β-unsaturated/α-hetero) is 1. The number of esters is 1. The van der Waals surface area contributed by atoms with Gasteiger partial charge in [-0.05, 0) is 74.9 Å². The number of fused-ring (bicyclic) bond motifs is 3. The summed E-state index contributed by atoms with van der Waals surface area (Å²) in [6.07, 6.45) is 9.71. The van der Waals surface area contributed by atoms with Gasteiger partial charge < -0.3 is 14.4 Å². The number of hydrogen-bond donors (Lipinski definition) is 0. The van der Waals surface area contributed by atoms with Crippen LogP contribution >= 0.6 is 0 Å². The summed E-state index contributed by atoms with van der Waals surface area (Å²) in [5.74, 6) is 1.30. The van der Waals surface area contributed by atoms with E-state index in [0.29, 0.717) is 6.42 Å². The van der Waals surface area contributed by atoms with E-state index in [9.17, 15) is 9.59 Å². The van der Waals surface area contributed by atoms with E-state index in [4.69, 9.17) is 9.47 Å². The molecule has 6 heteroatoms.